The predicted octanol–water partition coefficient (Wildman–Crippen LogP) is 4.17. The number of amides is 1. The maximum absolute atomic E-state index is 13.8. The second kappa shape index (κ2) is 14.6. The number of carbonyl (C=O) groups is 1. The highest BCUT2D eigenvalue weighted by molar-refractivity contribution is 5.78. The molecule has 4 fully saturated rings. The number of nitrogens with zero attached hydrogens (tertiary/aromatic N) is 5. The van der Waals surface area contributed by atoms with Crippen molar-refractivity contribution in [3.05, 3.63) is 40.4 Å². The van der Waals surface area contributed by atoms with Crippen LogP contribution in [0.15, 0.2) is 29.2 Å². The summed E-state index contributed by atoms with van der Waals surface area (Å²) in [6.07, 6.45) is 13.2. The van der Waals surface area contributed by atoms with Crippen LogP contribution in [0.3, 0.4) is 0 Å². The van der Waals surface area contributed by atoms with Crippen LogP contribution in [-0.4, -0.2) is 101 Å². The number of rotatable bonds is 9. The number of ether oxygens (including phenoxy) is 1. The molecule has 2 aromatic rings. The van der Waals surface area contributed by atoms with Crippen LogP contribution in [0.4, 0.5) is 11.5 Å². The third-order valence-corrected chi connectivity index (χ3v) is 11.6. The van der Waals surface area contributed by atoms with Crippen molar-refractivity contribution in [3.8, 4) is 11.5 Å². The normalized spacial score (nSPS) is 25.0. The molecular weight excluding hydrogens is 592 g/mol. The highest BCUT2D eigenvalue weighted by Crippen LogP contribution is 2.43. The van der Waals surface area contributed by atoms with E-state index in [0.717, 1.165) is 102 Å². The third-order valence-electron chi connectivity index (χ3n) is 11.6. The molecule has 0 bridgehead atoms. The van der Waals surface area contributed by atoms with E-state index in [4.69, 9.17) is 10.5 Å². The fourth-order valence-electron chi connectivity index (χ4n) is 8.52. The summed E-state index contributed by atoms with van der Waals surface area (Å²) in [4.78, 5) is 38.3. The Labute approximate surface area is 279 Å². The van der Waals surface area contributed by atoms with Crippen molar-refractivity contribution >= 4 is 17.4 Å². The smallest absolute Gasteiger partial charge is 0.350 e. The SMILES string of the molecule is CC(CCN(C(=O)CN1CCC(c2ccc3c(c2)Nc2nc(=O)n(C4CCC(N)CC4)cc2O3)CC1)C1CCNCC1)N1CCCC1. The summed E-state index contributed by atoms with van der Waals surface area (Å²) in [5.74, 6) is 2.53. The number of anilines is 2. The molecule has 11 heteroatoms. The van der Waals surface area contributed by atoms with Crippen LogP contribution in [0.25, 0.3) is 0 Å². The van der Waals surface area contributed by atoms with E-state index in [9.17, 15) is 9.59 Å². The topological polar surface area (TPSA) is 121 Å². The molecule has 256 valence electrons. The zero-order valence-electron chi connectivity index (χ0n) is 28.2. The second-order valence-corrected chi connectivity index (χ2v) is 14.7. The molecule has 11 nitrogen and oxygen atoms in total. The zero-order valence-corrected chi connectivity index (χ0v) is 28.2. The lowest BCUT2D eigenvalue weighted by atomic mass is 9.89. The number of benzene rings is 1. The highest BCUT2D eigenvalue weighted by atomic mass is 16.5. The molecular formula is C36H54N8O3. The molecule has 1 amide bonds. The molecule has 1 aliphatic carbocycles. The van der Waals surface area contributed by atoms with Crippen molar-refractivity contribution < 1.29 is 9.53 Å². The molecule has 7 rings (SSSR count). The quantitative estimate of drug-likeness (QED) is 0.315. The van der Waals surface area contributed by atoms with E-state index in [1.165, 1.54) is 31.5 Å². The maximum atomic E-state index is 13.8. The van der Waals surface area contributed by atoms with Gasteiger partial charge in [0, 0.05) is 30.7 Å². The van der Waals surface area contributed by atoms with Crippen LogP contribution in [0.5, 0.6) is 11.5 Å². The fraction of sp³-hybridized carbons (Fsp3) is 0.694. The molecule has 1 saturated carbocycles. The lowest BCUT2D eigenvalue weighted by Crippen LogP contribution is -2.51. The van der Waals surface area contributed by atoms with Crippen LogP contribution < -0.4 is 26.8 Å². The van der Waals surface area contributed by atoms with Crippen LogP contribution >= 0.6 is 0 Å². The molecule has 47 heavy (non-hydrogen) atoms. The van der Waals surface area contributed by atoms with E-state index in [-0.39, 0.29) is 17.8 Å². The van der Waals surface area contributed by atoms with E-state index >= 15 is 0 Å². The number of piperidine rings is 2. The maximum Gasteiger partial charge on any atom is 0.350 e. The molecule has 0 spiro atoms. The van der Waals surface area contributed by atoms with Crippen LogP contribution in [0.1, 0.15) is 95.1 Å². The van der Waals surface area contributed by atoms with Crippen molar-refractivity contribution in [1.29, 1.82) is 0 Å². The Morgan fingerprint density at radius 2 is 1.77 bits per heavy atom. The molecule has 5 aliphatic rings. The Kier molecular flexibility index (Phi) is 10.1. The molecule has 0 radical (unpaired) electrons. The molecule has 1 aromatic heterocycles. The van der Waals surface area contributed by atoms with Gasteiger partial charge in [-0.2, -0.15) is 4.98 Å². The van der Waals surface area contributed by atoms with Crippen molar-refractivity contribution in [1.82, 2.24) is 29.6 Å². The van der Waals surface area contributed by atoms with Gasteiger partial charge in [0.1, 0.15) is 0 Å². The Bertz CT molecular complexity index is 1440. The van der Waals surface area contributed by atoms with Crippen molar-refractivity contribution in [2.75, 3.05) is 57.7 Å². The first-order valence-electron chi connectivity index (χ1n) is 18.4. The Hall–Kier alpha value is -2.99. The van der Waals surface area contributed by atoms with Crippen LogP contribution in [0.2, 0.25) is 0 Å². The summed E-state index contributed by atoms with van der Waals surface area (Å²) < 4.78 is 7.98. The molecule has 1 aromatic carbocycles. The minimum absolute atomic E-state index is 0.116. The average molecular weight is 647 g/mol. The van der Waals surface area contributed by atoms with E-state index < -0.39 is 0 Å². The van der Waals surface area contributed by atoms with E-state index in [2.05, 4.69) is 49.4 Å². The number of carbonyl (C=O) groups excluding carboxylic acids is 1. The third kappa shape index (κ3) is 7.53. The van der Waals surface area contributed by atoms with Crippen LogP contribution in [0, 0.1) is 0 Å². The Morgan fingerprint density at radius 1 is 1.02 bits per heavy atom. The number of hydrogen-bond donors (Lipinski definition) is 3. The Morgan fingerprint density at radius 3 is 2.51 bits per heavy atom. The van der Waals surface area contributed by atoms with E-state index in [1.807, 2.05) is 12.3 Å². The van der Waals surface area contributed by atoms with Crippen LogP contribution in [-0.2, 0) is 4.79 Å². The lowest BCUT2D eigenvalue weighted by Gasteiger charge is -2.38. The van der Waals surface area contributed by atoms with Gasteiger partial charge >= 0.3 is 5.69 Å². The molecule has 5 heterocycles. The number of fused-ring (bicyclic) bond motifs is 2. The summed E-state index contributed by atoms with van der Waals surface area (Å²) >= 11 is 0. The number of likely N-dealkylation sites (tertiary alicyclic amines) is 2. The lowest BCUT2D eigenvalue weighted by molar-refractivity contribution is -0.135. The molecule has 4 aliphatic heterocycles. The van der Waals surface area contributed by atoms with Gasteiger partial charge in [-0.05, 0) is 140 Å². The fourth-order valence-corrected chi connectivity index (χ4v) is 8.52. The van der Waals surface area contributed by atoms with Gasteiger partial charge < -0.3 is 30.9 Å². The predicted molar refractivity (Wildman–Crippen MR) is 185 cm³/mol. The van der Waals surface area contributed by atoms with Gasteiger partial charge in [-0.1, -0.05) is 6.07 Å². The summed E-state index contributed by atoms with van der Waals surface area (Å²) in [5, 5.41) is 6.85. The highest BCUT2D eigenvalue weighted by Gasteiger charge is 2.31. The zero-order chi connectivity index (χ0) is 32.3. The largest absolute Gasteiger partial charge is 0.450 e. The van der Waals surface area contributed by atoms with Crippen molar-refractivity contribution in [2.45, 2.75) is 108 Å². The minimum Gasteiger partial charge on any atom is -0.450 e. The second-order valence-electron chi connectivity index (χ2n) is 14.7. The number of nitrogens with one attached hydrogen (secondary N) is 2. The summed E-state index contributed by atoms with van der Waals surface area (Å²) in [6, 6.07) is 7.58. The summed E-state index contributed by atoms with van der Waals surface area (Å²) in [7, 11) is 0. The Balaban J connectivity index is 0.944. The monoisotopic (exact) mass is 646 g/mol. The first-order valence-corrected chi connectivity index (χ1v) is 18.4. The molecule has 1 unspecified atom stereocenters. The van der Waals surface area contributed by atoms with Gasteiger partial charge in [0.2, 0.25) is 5.91 Å². The van der Waals surface area contributed by atoms with E-state index in [0.29, 0.717) is 42.0 Å². The average Bonchev–Trinajstić information content (AvgIpc) is 3.64. The summed E-state index contributed by atoms with van der Waals surface area (Å²) in [5.41, 5.74) is 7.94. The van der Waals surface area contributed by atoms with E-state index in [1.54, 1.807) is 4.57 Å². The first kappa shape index (κ1) is 32.6. The number of hydrogen-bond acceptors (Lipinski definition) is 9. The van der Waals surface area contributed by atoms with Gasteiger partial charge in [-0.15, -0.1) is 0 Å². The van der Waals surface area contributed by atoms with Gasteiger partial charge in [-0.3, -0.25) is 14.3 Å². The van der Waals surface area contributed by atoms with Gasteiger partial charge in [0.05, 0.1) is 18.4 Å². The standard InChI is InChI=1S/C36H54N8O3/c1-25(42-17-2-3-18-42)12-21-43(30-10-15-38-16-11-30)34(45)24-41-19-13-26(14-20-41)27-4-9-32-31(22-27)39-35-33(47-32)23-44(36(46)40-35)29-7-5-28(37)6-8-29/h4,9,22-23,25-26,28-30,38H,2-3,5-8,10-21,24,37H2,1H3,(H,39,40,46). The minimum atomic E-state index is -0.248. The number of nitrogens with two attached hydrogens (primary N) is 1. The molecule has 1 atom stereocenters. The summed E-state index contributed by atoms with van der Waals surface area (Å²) in [6.45, 7) is 9.94. The molecule has 3 saturated heterocycles. The van der Waals surface area contributed by atoms with Crippen molar-refractivity contribution in [2.24, 2.45) is 5.73 Å². The molecule has 4 N–H and O–H groups in total. The van der Waals surface area contributed by atoms with Crippen molar-refractivity contribution in [3.63, 3.8) is 0 Å². The van der Waals surface area contributed by atoms with Gasteiger partial charge in [-0.25, -0.2) is 4.79 Å². The first-order chi connectivity index (χ1) is 22.9. The van der Waals surface area contributed by atoms with Gasteiger partial charge in [0.25, 0.3) is 0 Å². The van der Waals surface area contributed by atoms with Gasteiger partial charge in [0.15, 0.2) is 17.3 Å². The number of aromatic nitrogens is 2.